The number of aromatic nitrogens is 3. The van der Waals surface area contributed by atoms with Crippen molar-refractivity contribution in [3.8, 4) is 0 Å². The van der Waals surface area contributed by atoms with Crippen LogP contribution in [0.5, 0.6) is 0 Å². The minimum absolute atomic E-state index is 0.0727. The Bertz CT molecular complexity index is 720. The summed E-state index contributed by atoms with van der Waals surface area (Å²) >= 11 is 0. The fourth-order valence-electron chi connectivity index (χ4n) is 3.41. The Balaban J connectivity index is 1.31. The SMILES string of the molecule is O=C(c1ccncn1)N1CC2(C[C@@H](OCc3ccncc3)CCO2)C1. The first-order valence-electron chi connectivity index (χ1n) is 8.44. The zero-order valence-corrected chi connectivity index (χ0v) is 13.9. The fraction of sp³-hybridized carbons (Fsp3) is 0.444. The Morgan fingerprint density at radius 1 is 1.24 bits per heavy atom. The molecule has 1 spiro atoms. The van der Waals surface area contributed by atoms with E-state index >= 15 is 0 Å². The standard InChI is InChI=1S/C18H20N4O3/c23-17(16-3-7-20-13-21-16)22-11-18(12-22)9-15(4-8-25-18)24-10-14-1-5-19-6-2-14/h1-3,5-7,13,15H,4,8-12H2/t15-/m0/s1. The monoisotopic (exact) mass is 340 g/mol. The quantitative estimate of drug-likeness (QED) is 0.839. The lowest BCUT2D eigenvalue weighted by Gasteiger charge is -2.52. The average Bonchev–Trinajstić information content (AvgIpc) is 2.65. The number of carbonyl (C=O) groups is 1. The third-order valence-electron chi connectivity index (χ3n) is 4.73. The molecule has 2 aromatic heterocycles. The number of likely N-dealkylation sites (tertiary alicyclic amines) is 1. The van der Waals surface area contributed by atoms with E-state index in [1.54, 1.807) is 29.6 Å². The van der Waals surface area contributed by atoms with E-state index in [0.29, 0.717) is 32.0 Å². The maximum atomic E-state index is 12.4. The van der Waals surface area contributed by atoms with E-state index in [-0.39, 0.29) is 17.6 Å². The molecule has 2 saturated heterocycles. The maximum absolute atomic E-state index is 12.4. The Labute approximate surface area is 146 Å². The van der Waals surface area contributed by atoms with Crippen LogP contribution in [0.3, 0.4) is 0 Å². The van der Waals surface area contributed by atoms with Crippen LogP contribution in [0.1, 0.15) is 28.9 Å². The molecule has 0 radical (unpaired) electrons. The van der Waals surface area contributed by atoms with Crippen molar-refractivity contribution in [2.24, 2.45) is 0 Å². The van der Waals surface area contributed by atoms with Gasteiger partial charge in [0.15, 0.2) is 0 Å². The van der Waals surface area contributed by atoms with Crippen LogP contribution in [-0.2, 0) is 16.1 Å². The normalized spacial score (nSPS) is 21.8. The van der Waals surface area contributed by atoms with E-state index in [9.17, 15) is 4.79 Å². The summed E-state index contributed by atoms with van der Waals surface area (Å²) in [6.45, 7) is 2.42. The largest absolute Gasteiger partial charge is 0.373 e. The Morgan fingerprint density at radius 3 is 2.80 bits per heavy atom. The molecule has 0 N–H and O–H groups in total. The molecule has 4 rings (SSSR count). The number of hydrogen-bond donors (Lipinski definition) is 0. The lowest BCUT2D eigenvalue weighted by atomic mass is 9.84. The zero-order chi connectivity index (χ0) is 17.1. The van der Waals surface area contributed by atoms with Gasteiger partial charge in [0.2, 0.25) is 0 Å². The van der Waals surface area contributed by atoms with E-state index in [2.05, 4.69) is 15.0 Å². The molecule has 1 atom stereocenters. The summed E-state index contributed by atoms with van der Waals surface area (Å²) in [7, 11) is 0. The Hall–Kier alpha value is -2.38. The first-order chi connectivity index (χ1) is 12.2. The van der Waals surface area contributed by atoms with Crippen molar-refractivity contribution in [1.29, 1.82) is 0 Å². The van der Waals surface area contributed by atoms with Gasteiger partial charge in [0, 0.05) is 31.6 Å². The van der Waals surface area contributed by atoms with Crippen molar-refractivity contribution < 1.29 is 14.3 Å². The highest BCUT2D eigenvalue weighted by Gasteiger charge is 2.49. The highest BCUT2D eigenvalue weighted by atomic mass is 16.5. The first-order valence-corrected chi connectivity index (χ1v) is 8.44. The van der Waals surface area contributed by atoms with Gasteiger partial charge >= 0.3 is 0 Å². The molecule has 2 aliphatic rings. The molecule has 7 heteroatoms. The highest BCUT2D eigenvalue weighted by molar-refractivity contribution is 5.92. The van der Waals surface area contributed by atoms with Crippen molar-refractivity contribution in [2.45, 2.75) is 31.2 Å². The molecule has 2 aliphatic heterocycles. The van der Waals surface area contributed by atoms with Crippen LogP contribution in [0.2, 0.25) is 0 Å². The molecular formula is C18H20N4O3. The molecule has 130 valence electrons. The average molecular weight is 340 g/mol. The van der Waals surface area contributed by atoms with Gasteiger partial charge in [-0.15, -0.1) is 0 Å². The molecule has 0 saturated carbocycles. The summed E-state index contributed by atoms with van der Waals surface area (Å²) in [5.41, 5.74) is 1.26. The molecule has 2 aromatic rings. The third-order valence-corrected chi connectivity index (χ3v) is 4.73. The summed E-state index contributed by atoms with van der Waals surface area (Å²) in [5, 5.41) is 0. The van der Waals surface area contributed by atoms with Crippen LogP contribution in [0, 0.1) is 0 Å². The van der Waals surface area contributed by atoms with Gasteiger partial charge in [-0.1, -0.05) is 0 Å². The molecular weight excluding hydrogens is 320 g/mol. The van der Waals surface area contributed by atoms with Gasteiger partial charge in [-0.25, -0.2) is 9.97 Å². The van der Waals surface area contributed by atoms with Crippen molar-refractivity contribution in [1.82, 2.24) is 19.9 Å². The molecule has 2 fully saturated rings. The minimum Gasteiger partial charge on any atom is -0.373 e. The summed E-state index contributed by atoms with van der Waals surface area (Å²) in [6, 6.07) is 5.55. The van der Waals surface area contributed by atoms with E-state index in [1.807, 2.05) is 12.1 Å². The van der Waals surface area contributed by atoms with Crippen LogP contribution in [-0.4, -0.2) is 57.2 Å². The summed E-state index contributed by atoms with van der Waals surface area (Å²) < 4.78 is 12.0. The number of ether oxygens (including phenoxy) is 2. The summed E-state index contributed by atoms with van der Waals surface area (Å²) in [6.07, 6.45) is 8.36. The second-order valence-corrected chi connectivity index (χ2v) is 6.57. The smallest absolute Gasteiger partial charge is 0.272 e. The van der Waals surface area contributed by atoms with Gasteiger partial charge < -0.3 is 14.4 Å². The maximum Gasteiger partial charge on any atom is 0.272 e. The predicted molar refractivity (Wildman–Crippen MR) is 88.7 cm³/mol. The minimum atomic E-state index is -0.274. The molecule has 0 aromatic carbocycles. The molecule has 7 nitrogen and oxygen atoms in total. The number of carbonyl (C=O) groups excluding carboxylic acids is 1. The van der Waals surface area contributed by atoms with Gasteiger partial charge in [0.05, 0.1) is 25.8 Å². The lowest BCUT2D eigenvalue weighted by molar-refractivity contribution is -0.188. The molecule has 1 amide bonds. The van der Waals surface area contributed by atoms with Crippen LogP contribution < -0.4 is 0 Å². The molecule has 0 unspecified atom stereocenters. The highest BCUT2D eigenvalue weighted by Crippen LogP contribution is 2.36. The van der Waals surface area contributed by atoms with Crippen molar-refractivity contribution in [3.63, 3.8) is 0 Å². The second-order valence-electron chi connectivity index (χ2n) is 6.57. The van der Waals surface area contributed by atoms with Gasteiger partial charge in [-0.3, -0.25) is 9.78 Å². The number of pyridine rings is 1. The Morgan fingerprint density at radius 2 is 2.04 bits per heavy atom. The van der Waals surface area contributed by atoms with Crippen LogP contribution in [0.15, 0.2) is 43.1 Å². The lowest BCUT2D eigenvalue weighted by Crippen LogP contribution is -2.67. The number of nitrogens with zero attached hydrogens (tertiary/aromatic N) is 4. The summed E-state index contributed by atoms with van der Waals surface area (Å²) in [4.78, 5) is 26.0. The van der Waals surface area contributed by atoms with Gasteiger partial charge in [-0.05, 0) is 30.2 Å². The predicted octanol–water partition coefficient (Wildman–Crippen LogP) is 1.46. The second kappa shape index (κ2) is 6.85. The topological polar surface area (TPSA) is 77.4 Å². The van der Waals surface area contributed by atoms with Crippen LogP contribution >= 0.6 is 0 Å². The van der Waals surface area contributed by atoms with Crippen LogP contribution in [0.4, 0.5) is 0 Å². The summed E-state index contributed by atoms with van der Waals surface area (Å²) in [5.74, 6) is -0.0727. The van der Waals surface area contributed by atoms with E-state index < -0.39 is 0 Å². The molecule has 25 heavy (non-hydrogen) atoms. The third kappa shape index (κ3) is 3.52. The van der Waals surface area contributed by atoms with E-state index in [0.717, 1.165) is 18.4 Å². The number of rotatable bonds is 4. The van der Waals surface area contributed by atoms with Gasteiger partial charge in [-0.2, -0.15) is 0 Å². The number of hydrogen-bond acceptors (Lipinski definition) is 6. The van der Waals surface area contributed by atoms with E-state index in [4.69, 9.17) is 9.47 Å². The zero-order valence-electron chi connectivity index (χ0n) is 13.9. The molecule has 0 bridgehead atoms. The van der Waals surface area contributed by atoms with E-state index in [1.165, 1.54) is 6.33 Å². The Kier molecular flexibility index (Phi) is 4.42. The van der Waals surface area contributed by atoms with Crippen LogP contribution in [0.25, 0.3) is 0 Å². The van der Waals surface area contributed by atoms with Gasteiger partial charge in [0.1, 0.15) is 17.6 Å². The van der Waals surface area contributed by atoms with Crippen molar-refractivity contribution in [2.75, 3.05) is 19.7 Å². The fourth-order valence-corrected chi connectivity index (χ4v) is 3.41. The van der Waals surface area contributed by atoms with Crippen molar-refractivity contribution >= 4 is 5.91 Å². The first kappa shape index (κ1) is 16.1. The number of amides is 1. The molecule has 4 heterocycles. The molecule has 0 aliphatic carbocycles. The van der Waals surface area contributed by atoms with Crippen molar-refractivity contribution in [3.05, 3.63) is 54.4 Å². The van der Waals surface area contributed by atoms with Gasteiger partial charge in [0.25, 0.3) is 5.91 Å².